The van der Waals surface area contributed by atoms with Crippen molar-refractivity contribution in [2.45, 2.75) is 45.6 Å². The number of hydrogen-bond acceptors (Lipinski definition) is 2. The predicted octanol–water partition coefficient (Wildman–Crippen LogP) is 1.66. The Kier molecular flexibility index (Phi) is 3.31. The van der Waals surface area contributed by atoms with Crippen molar-refractivity contribution in [1.82, 2.24) is 10.3 Å². The SMILES string of the molecule is Cc1cc(C)c(C(=O)NC2CCCC2)c(=O)[nH]1. The smallest absolute Gasteiger partial charge is 0.261 e. The van der Waals surface area contributed by atoms with Crippen LogP contribution in [0.2, 0.25) is 0 Å². The van der Waals surface area contributed by atoms with Gasteiger partial charge >= 0.3 is 0 Å². The summed E-state index contributed by atoms with van der Waals surface area (Å²) in [6.45, 7) is 3.61. The molecule has 2 rings (SSSR count). The van der Waals surface area contributed by atoms with Gasteiger partial charge in [0.05, 0.1) is 0 Å². The van der Waals surface area contributed by atoms with Gasteiger partial charge in [-0.2, -0.15) is 0 Å². The van der Waals surface area contributed by atoms with Gasteiger partial charge in [-0.05, 0) is 38.3 Å². The quantitative estimate of drug-likeness (QED) is 0.817. The lowest BCUT2D eigenvalue weighted by Crippen LogP contribution is -2.36. The number of nitrogens with one attached hydrogen (secondary N) is 2. The second-order valence-electron chi connectivity index (χ2n) is 4.79. The average Bonchev–Trinajstić information content (AvgIpc) is 2.68. The van der Waals surface area contributed by atoms with E-state index >= 15 is 0 Å². The zero-order valence-electron chi connectivity index (χ0n) is 10.3. The second-order valence-corrected chi connectivity index (χ2v) is 4.79. The summed E-state index contributed by atoms with van der Waals surface area (Å²) in [6, 6.07) is 2.06. The fourth-order valence-corrected chi connectivity index (χ4v) is 2.46. The molecule has 1 aliphatic carbocycles. The molecule has 0 radical (unpaired) electrons. The zero-order valence-corrected chi connectivity index (χ0v) is 10.3. The molecule has 0 bridgehead atoms. The first-order valence-corrected chi connectivity index (χ1v) is 6.09. The molecule has 1 aromatic heterocycles. The Hall–Kier alpha value is -1.58. The van der Waals surface area contributed by atoms with E-state index in [2.05, 4.69) is 10.3 Å². The van der Waals surface area contributed by atoms with E-state index in [1.807, 2.05) is 13.0 Å². The number of carbonyl (C=O) groups is 1. The summed E-state index contributed by atoms with van der Waals surface area (Å²) in [6.07, 6.45) is 4.37. The molecule has 17 heavy (non-hydrogen) atoms. The topological polar surface area (TPSA) is 62.0 Å². The van der Waals surface area contributed by atoms with Gasteiger partial charge in [0.1, 0.15) is 5.56 Å². The molecule has 0 spiro atoms. The Morgan fingerprint density at radius 1 is 1.35 bits per heavy atom. The molecule has 4 nitrogen and oxygen atoms in total. The van der Waals surface area contributed by atoms with Gasteiger partial charge in [-0.3, -0.25) is 9.59 Å². The Balaban J connectivity index is 2.21. The highest BCUT2D eigenvalue weighted by molar-refractivity contribution is 5.95. The Bertz CT molecular complexity index is 485. The minimum absolute atomic E-state index is 0.239. The zero-order chi connectivity index (χ0) is 12.4. The molecule has 92 valence electrons. The molecule has 1 aliphatic rings. The lowest BCUT2D eigenvalue weighted by molar-refractivity contribution is 0.0935. The highest BCUT2D eigenvalue weighted by Gasteiger charge is 2.20. The van der Waals surface area contributed by atoms with Crippen LogP contribution in [0.1, 0.15) is 47.3 Å². The van der Waals surface area contributed by atoms with Crippen LogP contribution in [0.3, 0.4) is 0 Å². The number of aromatic amines is 1. The van der Waals surface area contributed by atoms with E-state index in [0.717, 1.165) is 36.9 Å². The molecule has 2 N–H and O–H groups in total. The van der Waals surface area contributed by atoms with Crippen LogP contribution in [0.15, 0.2) is 10.9 Å². The molecule has 1 amide bonds. The molecule has 1 aromatic rings. The minimum atomic E-state index is -0.294. The van der Waals surface area contributed by atoms with Crippen LogP contribution in [0, 0.1) is 13.8 Å². The first-order valence-electron chi connectivity index (χ1n) is 6.09. The first kappa shape index (κ1) is 11.9. The average molecular weight is 234 g/mol. The van der Waals surface area contributed by atoms with Gasteiger partial charge in [-0.1, -0.05) is 12.8 Å². The van der Waals surface area contributed by atoms with E-state index in [1.165, 1.54) is 0 Å². The monoisotopic (exact) mass is 234 g/mol. The van der Waals surface area contributed by atoms with E-state index in [-0.39, 0.29) is 23.1 Å². The normalized spacial score (nSPS) is 16.1. The van der Waals surface area contributed by atoms with Crippen LogP contribution in [-0.4, -0.2) is 16.9 Å². The largest absolute Gasteiger partial charge is 0.349 e. The number of aromatic nitrogens is 1. The molecular formula is C13H18N2O2. The van der Waals surface area contributed by atoms with Crippen LogP contribution in [0.5, 0.6) is 0 Å². The maximum atomic E-state index is 12.0. The lowest BCUT2D eigenvalue weighted by atomic mass is 10.1. The van der Waals surface area contributed by atoms with Crippen molar-refractivity contribution in [3.8, 4) is 0 Å². The van der Waals surface area contributed by atoms with Gasteiger partial charge in [0.25, 0.3) is 11.5 Å². The summed E-state index contributed by atoms with van der Waals surface area (Å²) in [5.41, 5.74) is 1.48. The third-order valence-corrected chi connectivity index (χ3v) is 3.28. The van der Waals surface area contributed by atoms with Crippen molar-refractivity contribution in [2.24, 2.45) is 0 Å². The van der Waals surface area contributed by atoms with Gasteiger partial charge in [0.15, 0.2) is 0 Å². The summed E-state index contributed by atoms with van der Waals surface area (Å²) < 4.78 is 0. The molecule has 0 aliphatic heterocycles. The van der Waals surface area contributed by atoms with Crippen molar-refractivity contribution < 1.29 is 4.79 Å². The van der Waals surface area contributed by atoms with E-state index in [9.17, 15) is 9.59 Å². The molecule has 0 saturated heterocycles. The fraction of sp³-hybridized carbons (Fsp3) is 0.538. The second kappa shape index (κ2) is 4.73. The van der Waals surface area contributed by atoms with Crippen molar-refractivity contribution in [2.75, 3.05) is 0 Å². The number of hydrogen-bond donors (Lipinski definition) is 2. The predicted molar refractivity (Wildman–Crippen MR) is 66.3 cm³/mol. The number of rotatable bonds is 2. The van der Waals surface area contributed by atoms with Gasteiger partial charge in [-0.25, -0.2) is 0 Å². The summed E-state index contributed by atoms with van der Waals surface area (Å²) in [4.78, 5) is 26.5. The number of H-pyrrole nitrogens is 1. The first-order chi connectivity index (χ1) is 8.08. The molecule has 4 heteroatoms. The highest BCUT2D eigenvalue weighted by Crippen LogP contribution is 2.18. The van der Waals surface area contributed by atoms with Gasteiger partial charge in [-0.15, -0.1) is 0 Å². The maximum Gasteiger partial charge on any atom is 0.261 e. The van der Waals surface area contributed by atoms with Crippen LogP contribution >= 0.6 is 0 Å². The summed E-state index contributed by atoms with van der Waals surface area (Å²) in [5, 5.41) is 2.94. The molecule has 0 aromatic carbocycles. The number of amides is 1. The highest BCUT2D eigenvalue weighted by atomic mass is 16.2. The van der Waals surface area contributed by atoms with E-state index in [0.29, 0.717) is 0 Å². The third kappa shape index (κ3) is 2.57. The molecule has 0 atom stereocenters. The van der Waals surface area contributed by atoms with E-state index in [4.69, 9.17) is 0 Å². The van der Waals surface area contributed by atoms with Crippen LogP contribution in [0.25, 0.3) is 0 Å². The minimum Gasteiger partial charge on any atom is -0.349 e. The lowest BCUT2D eigenvalue weighted by Gasteiger charge is -2.12. The number of pyridine rings is 1. The Morgan fingerprint density at radius 2 is 2.00 bits per heavy atom. The fourth-order valence-electron chi connectivity index (χ4n) is 2.46. The Labute approximate surface area is 100 Å². The Morgan fingerprint density at radius 3 is 2.59 bits per heavy atom. The maximum absolute atomic E-state index is 12.0. The van der Waals surface area contributed by atoms with Gasteiger partial charge < -0.3 is 10.3 Å². The summed E-state index contributed by atoms with van der Waals surface area (Å²) in [7, 11) is 0. The van der Waals surface area contributed by atoms with Crippen molar-refractivity contribution in [3.05, 3.63) is 33.2 Å². The molecule has 1 saturated carbocycles. The van der Waals surface area contributed by atoms with Crippen LogP contribution in [-0.2, 0) is 0 Å². The standard InChI is InChI=1S/C13H18N2O2/c1-8-7-9(2)14-12(16)11(8)13(17)15-10-5-3-4-6-10/h7,10H,3-6H2,1-2H3,(H,14,16)(H,15,17). The van der Waals surface area contributed by atoms with Gasteiger partial charge in [0, 0.05) is 11.7 Å². The third-order valence-electron chi connectivity index (χ3n) is 3.28. The van der Waals surface area contributed by atoms with Gasteiger partial charge in [0.2, 0.25) is 0 Å². The number of carbonyl (C=O) groups excluding carboxylic acids is 1. The van der Waals surface area contributed by atoms with Crippen molar-refractivity contribution in [1.29, 1.82) is 0 Å². The van der Waals surface area contributed by atoms with Crippen molar-refractivity contribution >= 4 is 5.91 Å². The number of aryl methyl sites for hydroxylation is 2. The molecule has 1 heterocycles. The summed E-state index contributed by atoms with van der Waals surface area (Å²) in [5.74, 6) is -0.240. The van der Waals surface area contributed by atoms with Crippen LogP contribution in [0.4, 0.5) is 0 Å². The van der Waals surface area contributed by atoms with Crippen molar-refractivity contribution in [3.63, 3.8) is 0 Å². The van der Waals surface area contributed by atoms with E-state index < -0.39 is 0 Å². The molecule has 1 fully saturated rings. The summed E-state index contributed by atoms with van der Waals surface area (Å²) >= 11 is 0. The van der Waals surface area contributed by atoms with Crippen LogP contribution < -0.4 is 10.9 Å². The molecule has 0 unspecified atom stereocenters. The van der Waals surface area contributed by atoms with E-state index in [1.54, 1.807) is 6.92 Å². The molecular weight excluding hydrogens is 216 g/mol.